The zero-order valence-electron chi connectivity index (χ0n) is 12.7. The van der Waals surface area contributed by atoms with Crippen LogP contribution in [0.4, 0.5) is 4.39 Å². The molecular formula is C15H21Cl2FN2O. The summed E-state index contributed by atoms with van der Waals surface area (Å²) in [5, 5.41) is 6.43. The quantitative estimate of drug-likeness (QED) is 0.796. The zero-order valence-corrected chi connectivity index (χ0v) is 14.2. The number of nitrogens with one attached hydrogen (secondary N) is 2. The van der Waals surface area contributed by atoms with Gasteiger partial charge >= 0.3 is 0 Å². The van der Waals surface area contributed by atoms with Crippen molar-refractivity contribution in [2.45, 2.75) is 45.7 Å². The molecule has 1 unspecified atom stereocenters. The molecule has 2 N–H and O–H groups in total. The number of carbonyl (C=O) groups is 1. The Morgan fingerprint density at radius 2 is 1.90 bits per heavy atom. The molecule has 0 aliphatic heterocycles. The molecule has 6 heteroatoms. The molecule has 21 heavy (non-hydrogen) atoms. The molecule has 3 nitrogen and oxygen atoms in total. The van der Waals surface area contributed by atoms with Gasteiger partial charge in [-0.25, -0.2) is 4.39 Å². The average molecular weight is 335 g/mol. The highest BCUT2D eigenvalue weighted by Crippen LogP contribution is 2.28. The predicted molar refractivity (Wildman–Crippen MR) is 85.4 cm³/mol. The maximum atomic E-state index is 13.5. The summed E-state index contributed by atoms with van der Waals surface area (Å²) in [6.45, 7) is 8.12. The molecule has 0 aromatic heterocycles. The second kappa shape index (κ2) is 7.43. The number of hydrogen-bond acceptors (Lipinski definition) is 2. The number of hydrogen-bond donors (Lipinski definition) is 2. The largest absolute Gasteiger partial charge is 0.351 e. The molecule has 118 valence electrons. The first-order valence-electron chi connectivity index (χ1n) is 6.79. The number of amides is 1. The Bertz CT molecular complexity index is 515. The van der Waals surface area contributed by atoms with E-state index in [1.807, 2.05) is 27.7 Å². The lowest BCUT2D eigenvalue weighted by Gasteiger charge is -2.21. The van der Waals surface area contributed by atoms with Crippen molar-refractivity contribution in [3.63, 3.8) is 0 Å². The van der Waals surface area contributed by atoms with E-state index in [9.17, 15) is 9.18 Å². The maximum Gasteiger partial charge on any atom is 0.221 e. The Balaban J connectivity index is 2.53. The van der Waals surface area contributed by atoms with Crippen LogP contribution in [0.5, 0.6) is 0 Å². The standard InChI is InChI=1S/C15H21Cl2FN2O/c1-9(10-7-13(18)12(17)8-11(10)16)19-6-5-14(21)20-15(2,3)4/h7-9,19H,5-6H2,1-4H3,(H,20,21). The summed E-state index contributed by atoms with van der Waals surface area (Å²) in [5.74, 6) is -0.536. The maximum absolute atomic E-state index is 13.5. The molecule has 0 saturated heterocycles. The van der Waals surface area contributed by atoms with E-state index in [2.05, 4.69) is 10.6 Å². The SMILES string of the molecule is CC(NCCC(=O)NC(C)(C)C)c1cc(F)c(Cl)cc1Cl. The first kappa shape index (κ1) is 18.2. The third-order valence-corrected chi connectivity index (χ3v) is 3.44. The van der Waals surface area contributed by atoms with Gasteiger partial charge in [-0.15, -0.1) is 0 Å². The van der Waals surface area contributed by atoms with Gasteiger partial charge in [0.15, 0.2) is 0 Å². The molecule has 0 heterocycles. The molecule has 0 aliphatic rings. The summed E-state index contributed by atoms with van der Waals surface area (Å²) in [6, 6.07) is 2.53. The second-order valence-corrected chi connectivity index (χ2v) is 6.83. The van der Waals surface area contributed by atoms with Crippen LogP contribution >= 0.6 is 23.2 Å². The summed E-state index contributed by atoms with van der Waals surface area (Å²) < 4.78 is 13.5. The summed E-state index contributed by atoms with van der Waals surface area (Å²) >= 11 is 11.7. The lowest BCUT2D eigenvalue weighted by atomic mass is 10.1. The van der Waals surface area contributed by atoms with Crippen molar-refractivity contribution >= 4 is 29.1 Å². The Morgan fingerprint density at radius 3 is 2.48 bits per heavy atom. The van der Waals surface area contributed by atoms with Crippen LogP contribution in [0.3, 0.4) is 0 Å². The Labute approximate surface area is 135 Å². The van der Waals surface area contributed by atoms with Gasteiger partial charge in [-0.05, 0) is 45.4 Å². The number of halogens is 3. The van der Waals surface area contributed by atoms with E-state index in [4.69, 9.17) is 23.2 Å². The van der Waals surface area contributed by atoms with Crippen LogP contribution < -0.4 is 10.6 Å². The first-order chi connectivity index (χ1) is 9.60. The lowest BCUT2D eigenvalue weighted by molar-refractivity contribution is -0.122. The second-order valence-electron chi connectivity index (χ2n) is 6.01. The van der Waals surface area contributed by atoms with Crippen molar-refractivity contribution in [1.82, 2.24) is 10.6 Å². The minimum Gasteiger partial charge on any atom is -0.351 e. The smallest absolute Gasteiger partial charge is 0.221 e. The van der Waals surface area contributed by atoms with Crippen LogP contribution in [0.25, 0.3) is 0 Å². The van der Waals surface area contributed by atoms with E-state index < -0.39 is 5.82 Å². The van der Waals surface area contributed by atoms with E-state index in [0.29, 0.717) is 23.6 Å². The Kier molecular flexibility index (Phi) is 6.44. The van der Waals surface area contributed by atoms with E-state index in [0.717, 1.165) is 0 Å². The van der Waals surface area contributed by atoms with Gasteiger partial charge in [0.25, 0.3) is 0 Å². The molecule has 0 bridgehead atoms. The van der Waals surface area contributed by atoms with Crippen LogP contribution in [0.2, 0.25) is 10.0 Å². The van der Waals surface area contributed by atoms with Crippen molar-refractivity contribution in [3.05, 3.63) is 33.6 Å². The molecule has 1 rings (SSSR count). The van der Waals surface area contributed by atoms with E-state index in [1.54, 1.807) is 0 Å². The summed E-state index contributed by atoms with van der Waals surface area (Å²) in [7, 11) is 0. The lowest BCUT2D eigenvalue weighted by Crippen LogP contribution is -2.41. The van der Waals surface area contributed by atoms with Crippen LogP contribution in [0, 0.1) is 5.82 Å². The topological polar surface area (TPSA) is 41.1 Å². The molecule has 1 aromatic rings. The fourth-order valence-corrected chi connectivity index (χ4v) is 2.41. The third-order valence-electron chi connectivity index (χ3n) is 2.82. The van der Waals surface area contributed by atoms with Crippen LogP contribution in [0.15, 0.2) is 12.1 Å². The third kappa shape index (κ3) is 6.20. The predicted octanol–water partition coefficient (Wildman–Crippen LogP) is 4.09. The van der Waals surface area contributed by atoms with E-state index in [1.165, 1.54) is 12.1 Å². The molecule has 0 aliphatic carbocycles. The molecule has 0 radical (unpaired) electrons. The van der Waals surface area contributed by atoms with Gasteiger partial charge in [0, 0.05) is 29.6 Å². The van der Waals surface area contributed by atoms with Gasteiger partial charge in [0.1, 0.15) is 5.82 Å². The van der Waals surface area contributed by atoms with Crippen LogP contribution in [0.1, 0.15) is 45.7 Å². The molecule has 1 aromatic carbocycles. The highest BCUT2D eigenvalue weighted by molar-refractivity contribution is 6.35. The highest BCUT2D eigenvalue weighted by Gasteiger charge is 2.15. The molecule has 0 fully saturated rings. The van der Waals surface area contributed by atoms with Gasteiger partial charge in [-0.1, -0.05) is 23.2 Å². The highest BCUT2D eigenvalue weighted by atomic mass is 35.5. The van der Waals surface area contributed by atoms with Gasteiger partial charge in [0.2, 0.25) is 5.91 Å². The van der Waals surface area contributed by atoms with Gasteiger partial charge in [-0.3, -0.25) is 4.79 Å². The monoisotopic (exact) mass is 334 g/mol. The van der Waals surface area contributed by atoms with Crippen molar-refractivity contribution < 1.29 is 9.18 Å². The van der Waals surface area contributed by atoms with Crippen molar-refractivity contribution in [3.8, 4) is 0 Å². The molecule has 0 spiro atoms. The number of rotatable bonds is 5. The zero-order chi connectivity index (χ0) is 16.2. The average Bonchev–Trinajstić information content (AvgIpc) is 2.31. The van der Waals surface area contributed by atoms with Gasteiger partial charge in [-0.2, -0.15) is 0 Å². The van der Waals surface area contributed by atoms with Crippen LogP contribution in [-0.4, -0.2) is 18.0 Å². The summed E-state index contributed by atoms with van der Waals surface area (Å²) in [5.41, 5.74) is 0.375. The van der Waals surface area contributed by atoms with Crippen LogP contribution in [-0.2, 0) is 4.79 Å². The minimum atomic E-state index is -0.504. The number of benzene rings is 1. The Morgan fingerprint density at radius 1 is 1.29 bits per heavy atom. The molecular weight excluding hydrogens is 314 g/mol. The van der Waals surface area contributed by atoms with E-state index >= 15 is 0 Å². The van der Waals surface area contributed by atoms with Gasteiger partial charge < -0.3 is 10.6 Å². The summed E-state index contributed by atoms with van der Waals surface area (Å²) in [4.78, 5) is 11.7. The molecule has 1 atom stereocenters. The van der Waals surface area contributed by atoms with E-state index in [-0.39, 0.29) is 22.5 Å². The fraction of sp³-hybridized carbons (Fsp3) is 0.533. The van der Waals surface area contributed by atoms with Crippen molar-refractivity contribution in [1.29, 1.82) is 0 Å². The van der Waals surface area contributed by atoms with Gasteiger partial charge in [0.05, 0.1) is 5.02 Å². The van der Waals surface area contributed by atoms with Crippen molar-refractivity contribution in [2.75, 3.05) is 6.54 Å². The first-order valence-corrected chi connectivity index (χ1v) is 7.54. The number of carbonyl (C=O) groups excluding carboxylic acids is 1. The fourth-order valence-electron chi connectivity index (χ4n) is 1.86. The molecule has 1 amide bonds. The molecule has 0 saturated carbocycles. The normalized spacial score (nSPS) is 13.1. The van der Waals surface area contributed by atoms with Crippen molar-refractivity contribution in [2.24, 2.45) is 0 Å². The summed E-state index contributed by atoms with van der Waals surface area (Å²) in [6.07, 6.45) is 0.343. The minimum absolute atomic E-state index is 0.000468. The Hall–Kier alpha value is -0.840.